The summed E-state index contributed by atoms with van der Waals surface area (Å²) < 4.78 is 76.8. The molecule has 0 N–H and O–H groups in total. The Balaban J connectivity index is 1.38. The van der Waals surface area contributed by atoms with Crippen LogP contribution < -0.4 is 0 Å². The van der Waals surface area contributed by atoms with Crippen molar-refractivity contribution in [1.82, 2.24) is 9.97 Å². The van der Waals surface area contributed by atoms with Crippen molar-refractivity contribution in [3.05, 3.63) is 108 Å². The fourth-order valence-corrected chi connectivity index (χ4v) is 3.88. The zero-order valence-corrected chi connectivity index (χ0v) is 18.4. The summed E-state index contributed by atoms with van der Waals surface area (Å²) in [6.07, 6.45) is -5.47. The lowest BCUT2D eigenvalue weighted by atomic mass is 10.0. The van der Waals surface area contributed by atoms with Crippen molar-refractivity contribution in [2.45, 2.75) is 12.4 Å². The molecule has 0 aliphatic rings. The van der Waals surface area contributed by atoms with Crippen LogP contribution in [0.4, 0.5) is 26.3 Å². The van der Waals surface area contributed by atoms with E-state index in [-0.39, 0.29) is 0 Å². The Kier molecular flexibility index (Phi) is 5.74. The fourth-order valence-electron chi connectivity index (χ4n) is 3.88. The average molecular weight is 494 g/mol. The molecule has 0 atom stereocenters. The first-order valence-electron chi connectivity index (χ1n) is 10.8. The second-order valence-electron chi connectivity index (χ2n) is 8.21. The lowest BCUT2D eigenvalue weighted by Gasteiger charge is -2.09. The molecule has 2 aromatic heterocycles. The standard InChI is InChI=1S/C28H16F6N2/c29-27(30,31)23-8-3-17(4-9-23)19-1-2-20-13-22(16-36-26(20)14-19)21-7-12-25(35-15-21)18-5-10-24(11-6-18)28(32,33)34/h1-16H. The molecule has 180 valence electrons. The van der Waals surface area contributed by atoms with E-state index in [9.17, 15) is 26.3 Å². The van der Waals surface area contributed by atoms with Crippen LogP contribution in [0.3, 0.4) is 0 Å². The van der Waals surface area contributed by atoms with E-state index in [1.807, 2.05) is 30.3 Å². The Morgan fingerprint density at radius 1 is 0.444 bits per heavy atom. The van der Waals surface area contributed by atoms with E-state index in [0.717, 1.165) is 46.3 Å². The van der Waals surface area contributed by atoms with Crippen LogP contribution in [0.5, 0.6) is 0 Å². The van der Waals surface area contributed by atoms with E-state index in [4.69, 9.17) is 0 Å². The molecule has 2 nitrogen and oxygen atoms in total. The molecule has 5 rings (SSSR count). The first kappa shape index (κ1) is 23.5. The zero-order valence-electron chi connectivity index (χ0n) is 18.4. The molecule has 0 fully saturated rings. The number of halogens is 6. The van der Waals surface area contributed by atoms with Gasteiger partial charge in [-0.25, -0.2) is 0 Å². The molecule has 0 bridgehead atoms. The van der Waals surface area contributed by atoms with Gasteiger partial charge in [-0.15, -0.1) is 0 Å². The Labute approximate surface area is 201 Å². The number of alkyl halides is 6. The van der Waals surface area contributed by atoms with Crippen LogP contribution in [-0.2, 0) is 12.4 Å². The highest BCUT2D eigenvalue weighted by molar-refractivity contribution is 5.87. The number of hydrogen-bond donors (Lipinski definition) is 0. The number of fused-ring (bicyclic) bond motifs is 1. The predicted molar refractivity (Wildman–Crippen MR) is 126 cm³/mol. The first-order valence-corrected chi connectivity index (χ1v) is 10.8. The molecule has 0 spiro atoms. The van der Waals surface area contributed by atoms with Gasteiger partial charge in [-0.2, -0.15) is 26.3 Å². The van der Waals surface area contributed by atoms with Gasteiger partial charge in [-0.1, -0.05) is 42.5 Å². The summed E-state index contributed by atoms with van der Waals surface area (Å²) in [7, 11) is 0. The Morgan fingerprint density at radius 3 is 1.53 bits per heavy atom. The molecule has 0 saturated carbocycles. The molecule has 0 aliphatic carbocycles. The van der Waals surface area contributed by atoms with Gasteiger partial charge in [0.2, 0.25) is 0 Å². The topological polar surface area (TPSA) is 25.8 Å². The van der Waals surface area contributed by atoms with Gasteiger partial charge in [-0.05, 0) is 53.6 Å². The molecule has 0 amide bonds. The number of benzene rings is 3. The summed E-state index contributed by atoms with van der Waals surface area (Å²) in [5.74, 6) is 0. The molecule has 2 heterocycles. The summed E-state index contributed by atoms with van der Waals surface area (Å²) >= 11 is 0. The van der Waals surface area contributed by atoms with E-state index in [1.54, 1.807) is 18.5 Å². The van der Waals surface area contributed by atoms with Crippen LogP contribution in [0.2, 0.25) is 0 Å². The van der Waals surface area contributed by atoms with E-state index in [1.165, 1.54) is 24.3 Å². The maximum absolute atomic E-state index is 12.8. The number of rotatable bonds is 3. The van der Waals surface area contributed by atoms with Crippen molar-refractivity contribution < 1.29 is 26.3 Å². The smallest absolute Gasteiger partial charge is 0.256 e. The number of pyridine rings is 2. The first-order chi connectivity index (χ1) is 17.1. The van der Waals surface area contributed by atoms with Gasteiger partial charge < -0.3 is 0 Å². The Hall–Kier alpha value is -4.20. The molecule has 5 aromatic rings. The summed E-state index contributed by atoms with van der Waals surface area (Å²) in [5, 5.41) is 0.843. The minimum absolute atomic E-state index is 0.544. The fraction of sp³-hybridized carbons (Fsp3) is 0.0714. The van der Waals surface area contributed by atoms with E-state index in [0.29, 0.717) is 22.3 Å². The van der Waals surface area contributed by atoms with Gasteiger partial charge in [0.25, 0.3) is 0 Å². The van der Waals surface area contributed by atoms with Gasteiger partial charge in [0.15, 0.2) is 0 Å². The molecular formula is C28H16F6N2. The van der Waals surface area contributed by atoms with Crippen LogP contribution in [0, 0.1) is 0 Å². The summed E-state index contributed by atoms with van der Waals surface area (Å²) in [6.45, 7) is 0. The van der Waals surface area contributed by atoms with Crippen molar-refractivity contribution in [2.75, 3.05) is 0 Å². The third-order valence-corrected chi connectivity index (χ3v) is 5.83. The highest BCUT2D eigenvalue weighted by Crippen LogP contribution is 2.33. The van der Waals surface area contributed by atoms with Crippen LogP contribution in [0.1, 0.15) is 11.1 Å². The van der Waals surface area contributed by atoms with Crippen molar-refractivity contribution in [3.8, 4) is 33.5 Å². The van der Waals surface area contributed by atoms with Crippen molar-refractivity contribution in [2.24, 2.45) is 0 Å². The lowest BCUT2D eigenvalue weighted by Crippen LogP contribution is -2.04. The van der Waals surface area contributed by atoms with Gasteiger partial charge in [-0.3, -0.25) is 9.97 Å². The molecule has 0 unspecified atom stereocenters. The van der Waals surface area contributed by atoms with Gasteiger partial charge in [0, 0.05) is 34.5 Å². The minimum Gasteiger partial charge on any atom is -0.256 e. The molecule has 3 aromatic carbocycles. The average Bonchev–Trinajstić information content (AvgIpc) is 2.87. The molecular weight excluding hydrogens is 478 g/mol. The molecule has 0 radical (unpaired) electrons. The molecule has 0 aliphatic heterocycles. The van der Waals surface area contributed by atoms with Crippen LogP contribution in [-0.4, -0.2) is 9.97 Å². The zero-order chi connectivity index (χ0) is 25.5. The monoisotopic (exact) mass is 494 g/mol. The predicted octanol–water partition coefficient (Wildman–Crippen LogP) is 8.67. The number of aromatic nitrogens is 2. The van der Waals surface area contributed by atoms with E-state index < -0.39 is 23.5 Å². The summed E-state index contributed by atoms with van der Waals surface area (Å²) in [6, 6.07) is 20.8. The maximum atomic E-state index is 12.8. The minimum atomic E-state index is -4.39. The molecule has 8 heteroatoms. The van der Waals surface area contributed by atoms with E-state index >= 15 is 0 Å². The highest BCUT2D eigenvalue weighted by atomic mass is 19.4. The third-order valence-electron chi connectivity index (χ3n) is 5.83. The molecule has 36 heavy (non-hydrogen) atoms. The second-order valence-corrected chi connectivity index (χ2v) is 8.21. The normalized spacial score (nSPS) is 12.2. The van der Waals surface area contributed by atoms with Crippen LogP contribution >= 0.6 is 0 Å². The number of nitrogens with zero attached hydrogens (tertiary/aromatic N) is 2. The lowest BCUT2D eigenvalue weighted by molar-refractivity contribution is -0.138. The van der Waals surface area contributed by atoms with Crippen molar-refractivity contribution >= 4 is 10.9 Å². The quantitative estimate of drug-likeness (QED) is 0.235. The highest BCUT2D eigenvalue weighted by Gasteiger charge is 2.30. The Morgan fingerprint density at radius 2 is 0.972 bits per heavy atom. The summed E-state index contributed by atoms with van der Waals surface area (Å²) in [4.78, 5) is 8.89. The SMILES string of the molecule is FC(F)(F)c1ccc(-c2ccc3cc(-c4ccc(-c5ccc(C(F)(F)F)cc5)nc4)cnc3c2)cc1. The van der Waals surface area contributed by atoms with Crippen molar-refractivity contribution in [1.29, 1.82) is 0 Å². The van der Waals surface area contributed by atoms with Crippen LogP contribution in [0.15, 0.2) is 97.3 Å². The Bertz CT molecular complexity index is 1520. The maximum Gasteiger partial charge on any atom is 0.416 e. The molecule has 0 saturated heterocycles. The van der Waals surface area contributed by atoms with Crippen LogP contribution in [0.25, 0.3) is 44.4 Å². The second kappa shape index (κ2) is 8.78. The largest absolute Gasteiger partial charge is 0.416 e. The van der Waals surface area contributed by atoms with Gasteiger partial charge in [0.1, 0.15) is 0 Å². The van der Waals surface area contributed by atoms with Gasteiger partial charge in [0.05, 0.1) is 22.3 Å². The third kappa shape index (κ3) is 4.79. The van der Waals surface area contributed by atoms with E-state index in [2.05, 4.69) is 9.97 Å². The summed E-state index contributed by atoms with van der Waals surface area (Å²) in [5.41, 5.74) is 3.37. The number of hydrogen-bond acceptors (Lipinski definition) is 2. The van der Waals surface area contributed by atoms with Gasteiger partial charge >= 0.3 is 12.4 Å². The van der Waals surface area contributed by atoms with Crippen molar-refractivity contribution in [3.63, 3.8) is 0 Å².